The van der Waals surface area contributed by atoms with Gasteiger partial charge >= 0.3 is 5.97 Å². The molecule has 0 saturated heterocycles. The van der Waals surface area contributed by atoms with Crippen LogP contribution < -0.4 is 0 Å². The highest BCUT2D eigenvalue weighted by Gasteiger charge is 2.13. The number of hydrogen-bond acceptors (Lipinski definition) is 2. The number of carboxylic acid groups (broad SMARTS) is 1. The largest absolute Gasteiger partial charge is 0.481 e. The molecule has 0 aliphatic rings. The van der Waals surface area contributed by atoms with E-state index in [1.165, 1.54) is 0 Å². The molecule has 0 aliphatic carbocycles. The van der Waals surface area contributed by atoms with Gasteiger partial charge in [-0.25, -0.2) is 0 Å². The Kier molecular flexibility index (Phi) is 3.69. The number of aryl methyl sites for hydroxylation is 1. The molecule has 1 rings (SSSR count). The summed E-state index contributed by atoms with van der Waals surface area (Å²) in [5.74, 6) is -1.21. The number of carbonyl (C=O) groups is 1. The van der Waals surface area contributed by atoms with E-state index >= 15 is 0 Å². The molecule has 0 saturated carbocycles. The number of aromatic nitrogens is 2. The van der Waals surface area contributed by atoms with Crippen LogP contribution in [0.3, 0.4) is 0 Å². The molecule has 0 amide bonds. The SMILES string of the molecule is CCc1nn(CC(C)C(=O)O)cc1Br. The Balaban J connectivity index is 2.72. The van der Waals surface area contributed by atoms with Crippen LogP contribution in [-0.4, -0.2) is 20.9 Å². The number of carboxylic acids is 1. The lowest BCUT2D eigenvalue weighted by molar-refractivity contribution is -0.141. The molecule has 1 aromatic rings. The highest BCUT2D eigenvalue weighted by atomic mass is 79.9. The maximum absolute atomic E-state index is 10.6. The van der Waals surface area contributed by atoms with Crippen molar-refractivity contribution >= 4 is 21.9 Å². The van der Waals surface area contributed by atoms with Crippen LogP contribution in [0.2, 0.25) is 0 Å². The van der Waals surface area contributed by atoms with Gasteiger partial charge in [-0.15, -0.1) is 0 Å². The second-order valence-electron chi connectivity index (χ2n) is 3.24. The molecule has 1 aromatic heterocycles. The highest BCUT2D eigenvalue weighted by Crippen LogP contribution is 2.15. The lowest BCUT2D eigenvalue weighted by Crippen LogP contribution is -2.17. The first kappa shape index (κ1) is 11.2. The molecule has 1 heterocycles. The Hall–Kier alpha value is -0.840. The summed E-state index contributed by atoms with van der Waals surface area (Å²) in [4.78, 5) is 10.6. The number of aliphatic carboxylic acids is 1. The second kappa shape index (κ2) is 4.59. The predicted molar refractivity (Wildman–Crippen MR) is 56.1 cm³/mol. The molecule has 1 atom stereocenters. The molecular formula is C9H13BrN2O2. The van der Waals surface area contributed by atoms with E-state index < -0.39 is 11.9 Å². The molecule has 5 heteroatoms. The van der Waals surface area contributed by atoms with Gasteiger partial charge in [-0.2, -0.15) is 5.10 Å². The summed E-state index contributed by atoms with van der Waals surface area (Å²) in [6.07, 6.45) is 2.66. The lowest BCUT2D eigenvalue weighted by atomic mass is 10.2. The van der Waals surface area contributed by atoms with Crippen molar-refractivity contribution in [3.05, 3.63) is 16.4 Å². The zero-order valence-electron chi connectivity index (χ0n) is 8.20. The van der Waals surface area contributed by atoms with Crippen molar-refractivity contribution in [2.45, 2.75) is 26.8 Å². The number of rotatable bonds is 4. The van der Waals surface area contributed by atoms with E-state index in [0.29, 0.717) is 6.54 Å². The van der Waals surface area contributed by atoms with E-state index in [1.54, 1.807) is 11.6 Å². The monoisotopic (exact) mass is 260 g/mol. The van der Waals surface area contributed by atoms with Crippen molar-refractivity contribution < 1.29 is 9.90 Å². The van der Waals surface area contributed by atoms with Crippen LogP contribution in [0, 0.1) is 5.92 Å². The van der Waals surface area contributed by atoms with E-state index in [2.05, 4.69) is 21.0 Å². The van der Waals surface area contributed by atoms with Gasteiger partial charge in [-0.3, -0.25) is 9.48 Å². The molecule has 0 bridgehead atoms. The Bertz CT molecular complexity index is 336. The van der Waals surface area contributed by atoms with Crippen molar-refractivity contribution in [1.29, 1.82) is 0 Å². The molecule has 78 valence electrons. The molecule has 0 aromatic carbocycles. The van der Waals surface area contributed by atoms with Crippen LogP contribution in [0.4, 0.5) is 0 Å². The van der Waals surface area contributed by atoms with Crippen molar-refractivity contribution in [3.8, 4) is 0 Å². The first-order valence-electron chi connectivity index (χ1n) is 4.49. The van der Waals surface area contributed by atoms with Crippen LogP contribution in [-0.2, 0) is 17.8 Å². The molecule has 0 spiro atoms. The molecule has 1 N–H and O–H groups in total. The summed E-state index contributed by atoms with van der Waals surface area (Å²) in [5.41, 5.74) is 0.961. The summed E-state index contributed by atoms with van der Waals surface area (Å²) < 4.78 is 2.61. The van der Waals surface area contributed by atoms with Crippen molar-refractivity contribution in [2.24, 2.45) is 5.92 Å². The van der Waals surface area contributed by atoms with Crippen LogP contribution in [0.15, 0.2) is 10.7 Å². The minimum Gasteiger partial charge on any atom is -0.481 e. The van der Waals surface area contributed by atoms with Gasteiger partial charge in [0, 0.05) is 6.20 Å². The van der Waals surface area contributed by atoms with Crippen molar-refractivity contribution in [3.63, 3.8) is 0 Å². The van der Waals surface area contributed by atoms with Crippen LogP contribution in [0.5, 0.6) is 0 Å². The second-order valence-corrected chi connectivity index (χ2v) is 4.09. The van der Waals surface area contributed by atoms with Gasteiger partial charge in [0.15, 0.2) is 0 Å². The van der Waals surface area contributed by atoms with Gasteiger partial charge in [-0.05, 0) is 22.4 Å². The lowest BCUT2D eigenvalue weighted by Gasteiger charge is -2.05. The Morgan fingerprint density at radius 2 is 2.43 bits per heavy atom. The van der Waals surface area contributed by atoms with Gasteiger partial charge in [0.2, 0.25) is 0 Å². The number of nitrogens with zero attached hydrogens (tertiary/aromatic N) is 2. The Morgan fingerprint density at radius 3 is 2.86 bits per heavy atom. The molecule has 1 unspecified atom stereocenters. The van der Waals surface area contributed by atoms with Crippen molar-refractivity contribution in [1.82, 2.24) is 9.78 Å². The van der Waals surface area contributed by atoms with Gasteiger partial charge in [0.1, 0.15) is 0 Å². The molecule has 0 fully saturated rings. The Morgan fingerprint density at radius 1 is 1.79 bits per heavy atom. The van der Waals surface area contributed by atoms with Gasteiger partial charge in [-0.1, -0.05) is 13.8 Å². The first-order chi connectivity index (χ1) is 6.54. The highest BCUT2D eigenvalue weighted by molar-refractivity contribution is 9.10. The molecule has 0 aliphatic heterocycles. The quantitative estimate of drug-likeness (QED) is 0.900. The third kappa shape index (κ3) is 2.57. The minimum absolute atomic E-state index is 0.411. The third-order valence-corrected chi connectivity index (χ3v) is 2.67. The third-order valence-electron chi connectivity index (χ3n) is 2.00. The summed E-state index contributed by atoms with van der Waals surface area (Å²) >= 11 is 3.37. The summed E-state index contributed by atoms with van der Waals surface area (Å²) in [7, 11) is 0. The summed E-state index contributed by atoms with van der Waals surface area (Å²) in [5, 5.41) is 13.0. The van der Waals surface area contributed by atoms with Crippen LogP contribution in [0.1, 0.15) is 19.5 Å². The molecule has 14 heavy (non-hydrogen) atoms. The van der Waals surface area contributed by atoms with Gasteiger partial charge < -0.3 is 5.11 Å². The topological polar surface area (TPSA) is 55.1 Å². The smallest absolute Gasteiger partial charge is 0.308 e. The maximum Gasteiger partial charge on any atom is 0.308 e. The predicted octanol–water partition coefficient (Wildman–Crippen LogP) is 1.93. The summed E-state index contributed by atoms with van der Waals surface area (Å²) in [6, 6.07) is 0. The van der Waals surface area contributed by atoms with E-state index in [1.807, 2.05) is 13.1 Å². The number of halogens is 1. The summed E-state index contributed by atoms with van der Waals surface area (Å²) in [6.45, 7) is 4.09. The standard InChI is InChI=1S/C9H13BrN2O2/c1-3-8-7(10)5-12(11-8)4-6(2)9(13)14/h5-6H,3-4H2,1-2H3,(H,13,14). The molecule has 4 nitrogen and oxygen atoms in total. The van der Waals surface area contributed by atoms with E-state index in [0.717, 1.165) is 16.6 Å². The fourth-order valence-corrected chi connectivity index (χ4v) is 1.72. The van der Waals surface area contributed by atoms with E-state index in [9.17, 15) is 4.79 Å². The number of hydrogen-bond donors (Lipinski definition) is 1. The fourth-order valence-electron chi connectivity index (χ4n) is 1.13. The average Bonchev–Trinajstić information content (AvgIpc) is 2.45. The fraction of sp³-hybridized carbons (Fsp3) is 0.556. The van der Waals surface area contributed by atoms with Crippen LogP contribution >= 0.6 is 15.9 Å². The molecule has 0 radical (unpaired) electrons. The zero-order chi connectivity index (χ0) is 10.7. The van der Waals surface area contributed by atoms with E-state index in [4.69, 9.17) is 5.11 Å². The zero-order valence-corrected chi connectivity index (χ0v) is 9.78. The van der Waals surface area contributed by atoms with E-state index in [-0.39, 0.29) is 0 Å². The normalized spacial score (nSPS) is 12.8. The van der Waals surface area contributed by atoms with Gasteiger partial charge in [0.25, 0.3) is 0 Å². The first-order valence-corrected chi connectivity index (χ1v) is 5.28. The Labute approximate surface area is 91.1 Å². The molecular weight excluding hydrogens is 248 g/mol. The average molecular weight is 261 g/mol. The maximum atomic E-state index is 10.6. The van der Waals surface area contributed by atoms with Gasteiger partial charge in [0.05, 0.1) is 22.6 Å². The van der Waals surface area contributed by atoms with Crippen LogP contribution in [0.25, 0.3) is 0 Å². The van der Waals surface area contributed by atoms with Crippen molar-refractivity contribution in [2.75, 3.05) is 0 Å². The minimum atomic E-state index is -0.797.